The van der Waals surface area contributed by atoms with Crippen LogP contribution in [0.5, 0.6) is 0 Å². The van der Waals surface area contributed by atoms with Crippen LogP contribution in [0.1, 0.15) is 1.43 Å². The van der Waals surface area contributed by atoms with Crippen molar-refractivity contribution in [2.75, 3.05) is 0 Å². The topological polar surface area (TPSA) is 41.2 Å². The Morgan fingerprint density at radius 3 is 2.36 bits per heavy atom. The van der Waals surface area contributed by atoms with Crippen LogP contribution in [0.3, 0.4) is 0 Å². The fraction of sp³-hybridized carbons (Fsp3) is 0.143. The van der Waals surface area contributed by atoms with E-state index in [1.165, 1.54) is 0 Å². The zero-order valence-electron chi connectivity index (χ0n) is 7.40. The van der Waals surface area contributed by atoms with E-state index in [-0.39, 0.29) is 37.5 Å². The molecule has 1 aromatic heterocycles. The average Bonchev–Trinajstić information content (AvgIpc) is 1.88. The molecule has 0 aliphatic carbocycles. The van der Waals surface area contributed by atoms with Gasteiger partial charge in [0.1, 0.15) is 0 Å². The third-order valence-corrected chi connectivity index (χ3v) is 1.10. The SMILES string of the molecule is O=C(O)C[n+]1ccccc1.[H-].[Na+]. The minimum Gasteiger partial charge on any atom is -1.00 e. The van der Waals surface area contributed by atoms with E-state index < -0.39 is 5.97 Å². The molecule has 0 radical (unpaired) electrons. The van der Waals surface area contributed by atoms with Crippen LogP contribution in [0, 0.1) is 0 Å². The summed E-state index contributed by atoms with van der Waals surface area (Å²) in [5.41, 5.74) is 0. The van der Waals surface area contributed by atoms with Crippen LogP contribution in [0.4, 0.5) is 0 Å². The maximum absolute atomic E-state index is 10.1. The van der Waals surface area contributed by atoms with Gasteiger partial charge in [0.2, 0.25) is 6.54 Å². The molecule has 0 fully saturated rings. The van der Waals surface area contributed by atoms with Crippen molar-refractivity contribution in [3.05, 3.63) is 30.6 Å². The number of aromatic nitrogens is 1. The van der Waals surface area contributed by atoms with Gasteiger partial charge < -0.3 is 6.53 Å². The Labute approximate surface area is 88.4 Å². The Balaban J connectivity index is 0. The molecular formula is C7H9NNaO2+. The van der Waals surface area contributed by atoms with Crippen LogP contribution >= 0.6 is 0 Å². The van der Waals surface area contributed by atoms with Gasteiger partial charge in [0.05, 0.1) is 0 Å². The molecule has 0 unspecified atom stereocenters. The van der Waals surface area contributed by atoms with Crippen molar-refractivity contribution in [1.29, 1.82) is 0 Å². The number of pyridine rings is 1. The Bertz CT molecular complexity index is 230. The second kappa shape index (κ2) is 5.29. The molecule has 0 spiro atoms. The first kappa shape index (κ1) is 10.6. The predicted molar refractivity (Wildman–Crippen MR) is 35.4 cm³/mol. The molecule has 11 heavy (non-hydrogen) atoms. The maximum Gasteiger partial charge on any atom is 1.00 e. The molecular weight excluding hydrogens is 153 g/mol. The first-order valence-corrected chi connectivity index (χ1v) is 2.95. The number of rotatable bonds is 2. The zero-order chi connectivity index (χ0) is 7.40. The summed E-state index contributed by atoms with van der Waals surface area (Å²) in [4.78, 5) is 10.1. The first-order chi connectivity index (χ1) is 4.79. The van der Waals surface area contributed by atoms with Gasteiger partial charge in [0.25, 0.3) is 0 Å². The van der Waals surface area contributed by atoms with Crippen molar-refractivity contribution in [1.82, 2.24) is 0 Å². The van der Waals surface area contributed by atoms with Crippen LogP contribution in [-0.2, 0) is 11.3 Å². The Morgan fingerprint density at radius 2 is 1.91 bits per heavy atom. The summed E-state index contributed by atoms with van der Waals surface area (Å²) in [7, 11) is 0. The second-order valence-electron chi connectivity index (χ2n) is 1.94. The van der Waals surface area contributed by atoms with Gasteiger partial charge in [-0.15, -0.1) is 0 Å². The van der Waals surface area contributed by atoms with Crippen molar-refractivity contribution >= 4 is 5.97 Å². The minimum absolute atomic E-state index is 0. The van der Waals surface area contributed by atoms with E-state index in [2.05, 4.69) is 0 Å². The maximum atomic E-state index is 10.1. The molecule has 1 aromatic rings. The number of carboxylic acid groups (broad SMARTS) is 1. The van der Waals surface area contributed by atoms with E-state index in [0.29, 0.717) is 0 Å². The van der Waals surface area contributed by atoms with Gasteiger partial charge in [-0.3, -0.25) is 0 Å². The van der Waals surface area contributed by atoms with Crippen LogP contribution in [0.25, 0.3) is 0 Å². The summed E-state index contributed by atoms with van der Waals surface area (Å²) < 4.78 is 1.60. The number of carboxylic acids is 1. The zero-order valence-corrected chi connectivity index (χ0v) is 8.40. The fourth-order valence-corrected chi connectivity index (χ4v) is 0.696. The molecule has 0 saturated heterocycles. The van der Waals surface area contributed by atoms with Gasteiger partial charge in [0, 0.05) is 12.1 Å². The predicted octanol–water partition coefficient (Wildman–Crippen LogP) is -2.82. The van der Waals surface area contributed by atoms with Crippen molar-refractivity contribution < 1.29 is 45.5 Å². The molecule has 0 aromatic carbocycles. The molecule has 1 heterocycles. The first-order valence-electron chi connectivity index (χ1n) is 2.95. The third-order valence-electron chi connectivity index (χ3n) is 1.10. The quantitative estimate of drug-likeness (QED) is 0.376. The molecule has 0 aliphatic rings. The van der Waals surface area contributed by atoms with Gasteiger partial charge in [-0.05, 0) is 0 Å². The number of hydrogen-bond acceptors (Lipinski definition) is 1. The molecule has 0 bridgehead atoms. The number of hydrogen-bond donors (Lipinski definition) is 1. The van der Waals surface area contributed by atoms with E-state index in [4.69, 9.17) is 5.11 Å². The van der Waals surface area contributed by atoms with Gasteiger partial charge >= 0.3 is 35.5 Å². The molecule has 0 amide bonds. The van der Waals surface area contributed by atoms with Crippen LogP contribution in [-0.4, -0.2) is 11.1 Å². The summed E-state index contributed by atoms with van der Waals surface area (Å²) in [5.74, 6) is -0.823. The van der Waals surface area contributed by atoms with Gasteiger partial charge in [-0.25, -0.2) is 4.79 Å². The number of aliphatic carboxylic acids is 1. The van der Waals surface area contributed by atoms with Crippen molar-refractivity contribution in [3.63, 3.8) is 0 Å². The van der Waals surface area contributed by atoms with Crippen molar-refractivity contribution in [3.8, 4) is 0 Å². The monoisotopic (exact) mass is 162 g/mol. The number of carbonyl (C=O) groups is 1. The smallest absolute Gasteiger partial charge is 1.00 e. The van der Waals surface area contributed by atoms with Crippen LogP contribution < -0.4 is 34.1 Å². The molecule has 0 aliphatic heterocycles. The van der Waals surface area contributed by atoms with Crippen LogP contribution in [0.2, 0.25) is 0 Å². The Kier molecular flexibility index (Phi) is 5.11. The molecule has 1 rings (SSSR count). The van der Waals surface area contributed by atoms with E-state index in [1.807, 2.05) is 6.07 Å². The van der Waals surface area contributed by atoms with E-state index in [9.17, 15) is 4.79 Å². The minimum atomic E-state index is -0.823. The van der Waals surface area contributed by atoms with Gasteiger partial charge in [-0.2, -0.15) is 4.57 Å². The normalized spacial score (nSPS) is 8.36. The third kappa shape index (κ3) is 4.14. The van der Waals surface area contributed by atoms with E-state index >= 15 is 0 Å². The molecule has 54 valence electrons. The number of nitrogens with zero attached hydrogens (tertiary/aromatic N) is 1. The Morgan fingerprint density at radius 1 is 1.36 bits per heavy atom. The largest absolute Gasteiger partial charge is 1.00 e. The Hall–Kier alpha value is -0.380. The summed E-state index contributed by atoms with van der Waals surface area (Å²) in [6.45, 7) is 0.0286. The standard InChI is InChI=1S/C7H7NO2.Na.H/c9-7(10)6-8-4-2-1-3-5-8;;/h1-5H,6H2;;/q;+1;-1/p+1. The van der Waals surface area contributed by atoms with Crippen molar-refractivity contribution in [2.45, 2.75) is 6.54 Å². The average molecular weight is 162 g/mol. The summed E-state index contributed by atoms with van der Waals surface area (Å²) in [6, 6.07) is 5.43. The summed E-state index contributed by atoms with van der Waals surface area (Å²) in [6.07, 6.45) is 3.43. The summed E-state index contributed by atoms with van der Waals surface area (Å²) >= 11 is 0. The molecule has 4 heteroatoms. The molecule has 3 nitrogen and oxygen atoms in total. The van der Waals surface area contributed by atoms with Gasteiger partial charge in [-0.1, -0.05) is 6.07 Å². The fourth-order valence-electron chi connectivity index (χ4n) is 0.696. The second-order valence-corrected chi connectivity index (χ2v) is 1.94. The molecule has 0 saturated carbocycles. The van der Waals surface area contributed by atoms with Gasteiger partial charge in [0.15, 0.2) is 12.4 Å². The van der Waals surface area contributed by atoms with E-state index in [1.54, 1.807) is 29.1 Å². The molecule has 1 N–H and O–H groups in total. The van der Waals surface area contributed by atoms with Crippen molar-refractivity contribution in [2.24, 2.45) is 0 Å². The molecule has 0 atom stereocenters. The summed E-state index contributed by atoms with van der Waals surface area (Å²) in [5, 5.41) is 8.35. The van der Waals surface area contributed by atoms with E-state index in [0.717, 1.165) is 0 Å². The van der Waals surface area contributed by atoms with Crippen LogP contribution in [0.15, 0.2) is 30.6 Å².